The smallest absolute Gasteiger partial charge is 0.262 e. The number of benzene rings is 1. The zero-order valence-corrected chi connectivity index (χ0v) is 19.0. The van der Waals surface area contributed by atoms with E-state index in [9.17, 15) is 4.79 Å². The Labute approximate surface area is 178 Å². The quantitative estimate of drug-likeness (QED) is 0.635. The third-order valence-electron chi connectivity index (χ3n) is 6.77. The number of piperidine rings is 1. The highest BCUT2D eigenvalue weighted by Crippen LogP contribution is 2.37. The number of hydrogen-bond acceptors (Lipinski definition) is 3. The Bertz CT molecular complexity index is 1220. The van der Waals surface area contributed by atoms with Crippen LogP contribution in [0.3, 0.4) is 0 Å². The molecule has 1 fully saturated rings. The van der Waals surface area contributed by atoms with E-state index < -0.39 is 0 Å². The minimum Gasteiger partial charge on any atom is -0.308 e. The first kappa shape index (κ1) is 20.7. The maximum absolute atomic E-state index is 12.9. The summed E-state index contributed by atoms with van der Waals surface area (Å²) in [4.78, 5) is 15.4. The lowest BCUT2D eigenvalue weighted by molar-refractivity contribution is -0.0144. The third-order valence-corrected chi connectivity index (χ3v) is 6.77. The van der Waals surface area contributed by atoms with Crippen molar-refractivity contribution in [2.75, 3.05) is 6.54 Å². The largest absolute Gasteiger partial charge is 0.308 e. The molecule has 0 saturated carbocycles. The first-order valence-electron chi connectivity index (χ1n) is 10.9. The van der Waals surface area contributed by atoms with Gasteiger partial charge in [0.1, 0.15) is 5.52 Å². The molecule has 2 aromatic heterocycles. The number of aromatic amines is 1. The molecule has 158 valence electrons. The summed E-state index contributed by atoms with van der Waals surface area (Å²) in [5.41, 5.74) is 3.75. The van der Waals surface area contributed by atoms with Gasteiger partial charge in [-0.2, -0.15) is 5.10 Å². The van der Waals surface area contributed by atoms with E-state index in [2.05, 4.69) is 60.7 Å². The van der Waals surface area contributed by atoms with Crippen molar-refractivity contribution in [1.82, 2.24) is 19.7 Å². The van der Waals surface area contributed by atoms with Crippen molar-refractivity contribution in [3.63, 3.8) is 0 Å². The molecule has 3 aromatic rings. The summed E-state index contributed by atoms with van der Waals surface area (Å²) < 4.78 is 1.82. The van der Waals surface area contributed by atoms with Gasteiger partial charge < -0.3 is 4.57 Å². The summed E-state index contributed by atoms with van der Waals surface area (Å²) in [5, 5.41) is 9.05. The number of fused-ring (bicyclic) bond motifs is 3. The van der Waals surface area contributed by atoms with Crippen LogP contribution in [-0.4, -0.2) is 37.3 Å². The molecular weight excluding hydrogens is 372 g/mol. The van der Waals surface area contributed by atoms with Gasteiger partial charge in [-0.3, -0.25) is 14.8 Å². The first-order valence-corrected chi connectivity index (χ1v) is 10.9. The predicted octanol–water partition coefficient (Wildman–Crippen LogP) is 4.60. The number of H-pyrrole nitrogens is 1. The van der Waals surface area contributed by atoms with Crippen molar-refractivity contribution < 1.29 is 0 Å². The maximum Gasteiger partial charge on any atom is 0.262 e. The number of likely N-dealkylation sites (tertiary alicyclic amines) is 1. The van der Waals surface area contributed by atoms with Crippen molar-refractivity contribution in [2.24, 2.45) is 0 Å². The fraction of sp³-hybridized carbons (Fsp3) is 0.520. The van der Waals surface area contributed by atoms with E-state index in [1.807, 2.05) is 30.5 Å². The van der Waals surface area contributed by atoms with Crippen LogP contribution in [0.4, 0.5) is 0 Å². The van der Waals surface area contributed by atoms with E-state index in [1.54, 1.807) is 0 Å². The van der Waals surface area contributed by atoms with Gasteiger partial charge >= 0.3 is 0 Å². The van der Waals surface area contributed by atoms with Crippen molar-refractivity contribution in [3.05, 3.63) is 39.8 Å². The predicted molar refractivity (Wildman–Crippen MR) is 124 cm³/mol. The van der Waals surface area contributed by atoms with E-state index >= 15 is 0 Å². The summed E-state index contributed by atoms with van der Waals surface area (Å²) in [6.45, 7) is 14.6. The van der Waals surface area contributed by atoms with Gasteiger partial charge in [-0.1, -0.05) is 11.8 Å². The summed E-state index contributed by atoms with van der Waals surface area (Å²) in [7, 11) is 0. The number of hydrogen-bond donors (Lipinski definition) is 1. The summed E-state index contributed by atoms with van der Waals surface area (Å²) >= 11 is 0. The monoisotopic (exact) mass is 404 g/mol. The highest BCUT2D eigenvalue weighted by atomic mass is 16.1. The van der Waals surface area contributed by atoms with Gasteiger partial charge in [-0.15, -0.1) is 0 Å². The minimum absolute atomic E-state index is 0.0136. The molecule has 1 N–H and O–H groups in total. The van der Waals surface area contributed by atoms with Gasteiger partial charge in [0.2, 0.25) is 0 Å². The first-order chi connectivity index (χ1) is 14.2. The molecule has 1 aliphatic heterocycles. The van der Waals surface area contributed by atoms with Crippen LogP contribution >= 0.6 is 0 Å². The van der Waals surface area contributed by atoms with E-state index in [-0.39, 0.29) is 16.6 Å². The Balaban J connectivity index is 1.75. The zero-order valence-electron chi connectivity index (χ0n) is 19.0. The third kappa shape index (κ3) is 3.33. The fourth-order valence-electron chi connectivity index (χ4n) is 5.17. The Morgan fingerprint density at radius 3 is 2.53 bits per heavy atom. The molecule has 0 spiro atoms. The van der Waals surface area contributed by atoms with Gasteiger partial charge in [0.25, 0.3) is 5.56 Å². The number of nitrogens with one attached hydrogen (secondary N) is 1. The molecule has 3 heterocycles. The summed E-state index contributed by atoms with van der Waals surface area (Å²) in [5.74, 6) is 6.79. The molecule has 0 amide bonds. The van der Waals surface area contributed by atoms with Crippen LogP contribution in [0.5, 0.6) is 0 Å². The Morgan fingerprint density at radius 2 is 1.87 bits per heavy atom. The lowest BCUT2D eigenvalue weighted by Crippen LogP contribution is -2.58. The van der Waals surface area contributed by atoms with Crippen molar-refractivity contribution in [1.29, 1.82) is 0 Å². The lowest BCUT2D eigenvalue weighted by atomic mass is 9.80. The molecule has 0 atom stereocenters. The van der Waals surface area contributed by atoms with Crippen molar-refractivity contribution in [3.8, 4) is 11.8 Å². The lowest BCUT2D eigenvalue weighted by Gasteiger charge is -2.52. The Kier molecular flexibility index (Phi) is 5.02. The second-order valence-electron chi connectivity index (χ2n) is 9.72. The molecule has 1 aliphatic rings. The molecule has 4 rings (SSSR count). The molecule has 0 aliphatic carbocycles. The molecule has 5 heteroatoms. The highest BCUT2D eigenvalue weighted by Gasteiger charge is 2.40. The van der Waals surface area contributed by atoms with Crippen LogP contribution < -0.4 is 5.56 Å². The van der Waals surface area contributed by atoms with Crippen LogP contribution in [0, 0.1) is 18.8 Å². The molecular formula is C25H32N4O. The SMILES string of the molecule is CCn1c(=O)c2c(C)[nH]nc2c2cc(C#CCN3C(C)(C)CCCC3(C)C)ccc21. The normalized spacial score (nSPS) is 18.5. The van der Waals surface area contributed by atoms with Gasteiger partial charge in [-0.05, 0) is 79.0 Å². The molecule has 1 aromatic carbocycles. The van der Waals surface area contributed by atoms with Crippen LogP contribution in [0.15, 0.2) is 23.0 Å². The van der Waals surface area contributed by atoms with Gasteiger partial charge in [-0.25, -0.2) is 0 Å². The summed E-state index contributed by atoms with van der Waals surface area (Å²) in [6, 6.07) is 6.09. The average molecular weight is 405 g/mol. The Hall–Kier alpha value is -2.58. The topological polar surface area (TPSA) is 53.9 Å². The van der Waals surface area contributed by atoms with Crippen LogP contribution in [0.2, 0.25) is 0 Å². The van der Waals surface area contributed by atoms with Crippen molar-refractivity contribution in [2.45, 2.75) is 78.4 Å². The van der Waals surface area contributed by atoms with E-state index in [0.717, 1.165) is 34.2 Å². The maximum atomic E-state index is 12.9. The molecule has 0 bridgehead atoms. The highest BCUT2D eigenvalue weighted by molar-refractivity contribution is 6.04. The van der Waals surface area contributed by atoms with Crippen molar-refractivity contribution >= 4 is 21.8 Å². The number of aryl methyl sites for hydroxylation is 2. The van der Waals surface area contributed by atoms with E-state index in [1.165, 1.54) is 19.3 Å². The molecule has 0 radical (unpaired) electrons. The standard InChI is InChI=1S/C25H32N4O/c1-7-28-20-12-11-18(16-19(20)22-21(23(28)30)17(2)26-27-22)10-8-15-29-24(3,4)13-9-14-25(29,5)6/h11-12,16H,7,9,13-15H2,1-6H3,(H,26,27). The van der Waals surface area contributed by atoms with Crippen LogP contribution in [0.25, 0.3) is 21.8 Å². The number of pyridine rings is 1. The number of rotatable bonds is 2. The fourth-order valence-corrected chi connectivity index (χ4v) is 5.17. The van der Waals surface area contributed by atoms with E-state index in [4.69, 9.17) is 0 Å². The average Bonchev–Trinajstić information content (AvgIpc) is 3.06. The van der Waals surface area contributed by atoms with E-state index in [0.29, 0.717) is 11.9 Å². The van der Waals surface area contributed by atoms with Gasteiger partial charge in [0.05, 0.1) is 17.4 Å². The summed E-state index contributed by atoms with van der Waals surface area (Å²) in [6.07, 6.45) is 3.69. The number of aromatic nitrogens is 3. The van der Waals surface area contributed by atoms with Crippen LogP contribution in [0.1, 0.15) is 65.1 Å². The molecule has 5 nitrogen and oxygen atoms in total. The second-order valence-corrected chi connectivity index (χ2v) is 9.72. The van der Waals surface area contributed by atoms with Crippen LogP contribution in [-0.2, 0) is 6.54 Å². The van der Waals surface area contributed by atoms with Gasteiger partial charge in [0.15, 0.2) is 0 Å². The second kappa shape index (κ2) is 7.28. The molecule has 30 heavy (non-hydrogen) atoms. The molecule has 1 saturated heterocycles. The zero-order chi connectivity index (χ0) is 21.7. The number of nitrogens with zero attached hydrogens (tertiary/aromatic N) is 3. The minimum atomic E-state index is 0.0136. The van der Waals surface area contributed by atoms with Gasteiger partial charge in [0, 0.05) is 34.3 Å². The Morgan fingerprint density at radius 1 is 1.17 bits per heavy atom. The molecule has 0 unspecified atom stereocenters.